The molecular weight excluding hydrogens is 378 g/mol. The normalized spacial score (nSPS) is 19.2. The quantitative estimate of drug-likeness (QED) is 0.571. The molecule has 0 radical (unpaired) electrons. The summed E-state index contributed by atoms with van der Waals surface area (Å²) >= 11 is 0. The molecule has 1 fully saturated rings. The van der Waals surface area contributed by atoms with Gasteiger partial charge in [0.05, 0.1) is 17.5 Å². The molecule has 0 bridgehead atoms. The zero-order valence-electron chi connectivity index (χ0n) is 18.1. The molecule has 3 heterocycles. The standard InChI is InChI=1S/C23H23N5O2/c1-14(2)17-12-18(27-20-19(17)25-13-26-21(20)24)16-6-4-5-15(11-16)7-8-23(30)9-10-28(3)22(23)29/h4-6,11-14,30H,9-10H2,1-3H3,(H2,24,25,26)/t23-/m0/s1/i13D. The second-order valence-electron chi connectivity index (χ2n) is 7.84. The average molecular weight is 402 g/mol. The van der Waals surface area contributed by atoms with Crippen molar-refractivity contribution in [2.75, 3.05) is 13.6 Å². The average Bonchev–Trinajstić information content (AvgIpc) is 2.99. The second-order valence-corrected chi connectivity index (χ2v) is 7.84. The molecule has 1 amide bonds. The zero-order chi connectivity index (χ0) is 22.3. The number of pyridine rings is 1. The minimum absolute atomic E-state index is 0.0514. The van der Waals surface area contributed by atoms with Crippen LogP contribution in [0.2, 0.25) is 0 Å². The lowest BCUT2D eigenvalue weighted by Crippen LogP contribution is -2.37. The van der Waals surface area contributed by atoms with Crippen LogP contribution in [0.15, 0.2) is 36.6 Å². The van der Waals surface area contributed by atoms with Gasteiger partial charge in [0.1, 0.15) is 6.89 Å². The molecule has 0 aliphatic carbocycles. The number of nitrogens with one attached hydrogen (secondary N) is 2. The Morgan fingerprint density at radius 2 is 2.20 bits per heavy atom. The van der Waals surface area contributed by atoms with E-state index in [0.717, 1.165) is 11.1 Å². The second kappa shape index (κ2) is 7.39. The summed E-state index contributed by atoms with van der Waals surface area (Å²) < 4.78 is 7.78. The predicted octanol–water partition coefficient (Wildman–Crippen LogP) is 2.17. The van der Waals surface area contributed by atoms with E-state index >= 15 is 0 Å². The number of nitrogens with zero attached hydrogens (tertiary/aromatic N) is 3. The molecule has 1 saturated heterocycles. The first-order valence-electron chi connectivity index (χ1n) is 10.3. The molecule has 0 unspecified atom stereocenters. The molecule has 1 atom stereocenters. The van der Waals surface area contributed by atoms with Crippen molar-refractivity contribution in [3.63, 3.8) is 0 Å². The Hall–Kier alpha value is -3.50. The van der Waals surface area contributed by atoms with Gasteiger partial charge in [-0.3, -0.25) is 10.2 Å². The van der Waals surface area contributed by atoms with E-state index in [9.17, 15) is 9.90 Å². The number of carbonyl (C=O) groups excluding carboxylic acids is 1. The van der Waals surface area contributed by atoms with Gasteiger partial charge in [0.15, 0.2) is 5.49 Å². The maximum Gasteiger partial charge on any atom is 0.267 e. The molecule has 7 nitrogen and oxygen atoms in total. The van der Waals surface area contributed by atoms with Crippen LogP contribution < -0.4 is 5.49 Å². The van der Waals surface area contributed by atoms with Crippen LogP contribution in [0, 0.1) is 17.3 Å². The van der Waals surface area contributed by atoms with Crippen molar-refractivity contribution in [3.05, 3.63) is 53.2 Å². The first kappa shape index (κ1) is 18.5. The SMILES string of the molecule is [2H]c1nc(=N)c2nc(-c3cccc(C#C[C@]4(O)CCN(C)C4=O)c3)cc(C(C)C)c2[nH]1. The molecule has 4 rings (SSSR count). The van der Waals surface area contributed by atoms with Gasteiger partial charge in [0.2, 0.25) is 5.60 Å². The number of H-pyrrole nitrogens is 1. The summed E-state index contributed by atoms with van der Waals surface area (Å²) in [5.41, 5.74) is 2.40. The molecule has 0 saturated carbocycles. The van der Waals surface area contributed by atoms with Crippen LogP contribution in [-0.4, -0.2) is 50.1 Å². The van der Waals surface area contributed by atoms with Crippen molar-refractivity contribution in [3.8, 4) is 23.1 Å². The Morgan fingerprint density at radius 3 is 2.90 bits per heavy atom. The van der Waals surface area contributed by atoms with Crippen molar-refractivity contribution >= 4 is 16.9 Å². The van der Waals surface area contributed by atoms with Crippen LogP contribution in [0.4, 0.5) is 0 Å². The lowest BCUT2D eigenvalue weighted by Gasteiger charge is -2.13. The predicted molar refractivity (Wildman–Crippen MR) is 113 cm³/mol. The molecule has 0 spiro atoms. The van der Waals surface area contributed by atoms with Gasteiger partial charge in [0.25, 0.3) is 5.91 Å². The van der Waals surface area contributed by atoms with Gasteiger partial charge < -0.3 is 15.0 Å². The van der Waals surface area contributed by atoms with E-state index in [1.165, 1.54) is 4.90 Å². The summed E-state index contributed by atoms with van der Waals surface area (Å²) in [4.78, 5) is 25.0. The van der Waals surface area contributed by atoms with Crippen molar-refractivity contribution in [2.24, 2.45) is 0 Å². The number of benzene rings is 1. The van der Waals surface area contributed by atoms with E-state index in [4.69, 9.17) is 6.78 Å². The van der Waals surface area contributed by atoms with Gasteiger partial charge in [-0.1, -0.05) is 37.8 Å². The Kier molecular flexibility index (Phi) is 4.57. The molecule has 3 N–H and O–H groups in total. The maximum atomic E-state index is 12.1. The first-order chi connectivity index (χ1) is 14.7. The number of likely N-dealkylation sites (tertiary alicyclic amines) is 1. The number of hydrogen-bond donors (Lipinski definition) is 3. The van der Waals surface area contributed by atoms with Gasteiger partial charge in [-0.2, -0.15) is 0 Å². The van der Waals surface area contributed by atoms with Crippen LogP contribution in [0.1, 0.15) is 38.7 Å². The van der Waals surface area contributed by atoms with Crippen LogP contribution in [0.5, 0.6) is 0 Å². The van der Waals surface area contributed by atoms with Crippen molar-refractivity contribution in [1.29, 1.82) is 5.41 Å². The minimum Gasteiger partial charge on any atom is -0.369 e. The van der Waals surface area contributed by atoms with Gasteiger partial charge in [0, 0.05) is 31.1 Å². The third kappa shape index (κ3) is 3.46. The fraction of sp³-hybridized carbons (Fsp3) is 0.304. The number of aromatic nitrogens is 3. The first-order valence-corrected chi connectivity index (χ1v) is 9.75. The topological polar surface area (TPSA) is 106 Å². The summed E-state index contributed by atoms with van der Waals surface area (Å²) in [7, 11) is 1.65. The van der Waals surface area contributed by atoms with E-state index < -0.39 is 5.60 Å². The largest absolute Gasteiger partial charge is 0.369 e. The molecule has 30 heavy (non-hydrogen) atoms. The highest BCUT2D eigenvalue weighted by atomic mass is 16.3. The molecular formula is C23H23N5O2. The highest BCUT2D eigenvalue weighted by Gasteiger charge is 2.42. The third-order valence-electron chi connectivity index (χ3n) is 5.33. The number of carbonyl (C=O) groups is 1. The van der Waals surface area contributed by atoms with E-state index in [1.54, 1.807) is 7.05 Å². The highest BCUT2D eigenvalue weighted by molar-refractivity contribution is 5.90. The van der Waals surface area contributed by atoms with Gasteiger partial charge in [-0.25, -0.2) is 9.97 Å². The molecule has 1 aromatic carbocycles. The van der Waals surface area contributed by atoms with Crippen molar-refractivity contribution in [1.82, 2.24) is 19.9 Å². The zero-order valence-corrected chi connectivity index (χ0v) is 17.1. The number of amides is 1. The molecule has 2 aromatic heterocycles. The van der Waals surface area contributed by atoms with Crippen molar-refractivity contribution in [2.45, 2.75) is 31.8 Å². The van der Waals surface area contributed by atoms with Crippen LogP contribution in [-0.2, 0) is 4.79 Å². The molecule has 152 valence electrons. The number of aromatic amines is 1. The summed E-state index contributed by atoms with van der Waals surface area (Å²) in [6, 6.07) is 9.33. The van der Waals surface area contributed by atoms with Crippen LogP contribution in [0.3, 0.4) is 0 Å². The molecule has 1 aliphatic heterocycles. The van der Waals surface area contributed by atoms with E-state index in [1.807, 2.05) is 44.2 Å². The lowest BCUT2D eigenvalue weighted by molar-refractivity contribution is -0.137. The fourth-order valence-electron chi connectivity index (χ4n) is 3.56. The Balaban J connectivity index is 1.79. The summed E-state index contributed by atoms with van der Waals surface area (Å²) in [6.45, 7) is 4.56. The van der Waals surface area contributed by atoms with E-state index in [0.29, 0.717) is 28.8 Å². The Labute approximate surface area is 175 Å². The minimum atomic E-state index is -1.65. The number of hydrogen-bond acceptors (Lipinski definition) is 5. The fourth-order valence-corrected chi connectivity index (χ4v) is 3.56. The van der Waals surface area contributed by atoms with Crippen molar-refractivity contribution < 1.29 is 11.3 Å². The summed E-state index contributed by atoms with van der Waals surface area (Å²) in [5, 5.41) is 18.7. The number of aliphatic hydroxyl groups is 1. The van der Waals surface area contributed by atoms with Gasteiger partial charge in [-0.15, -0.1) is 0 Å². The highest BCUT2D eigenvalue weighted by Crippen LogP contribution is 2.27. The number of fused-ring (bicyclic) bond motifs is 1. The van der Waals surface area contributed by atoms with Gasteiger partial charge >= 0.3 is 0 Å². The van der Waals surface area contributed by atoms with E-state index in [2.05, 4.69) is 26.8 Å². The van der Waals surface area contributed by atoms with E-state index in [-0.39, 0.29) is 30.0 Å². The maximum absolute atomic E-state index is 12.1. The molecule has 1 aliphatic rings. The lowest BCUT2D eigenvalue weighted by atomic mass is 9.98. The van der Waals surface area contributed by atoms with Crippen LogP contribution >= 0.6 is 0 Å². The number of likely N-dealkylation sites (N-methyl/N-ethyl adjacent to an activating group) is 1. The monoisotopic (exact) mass is 402 g/mol. The summed E-state index contributed by atoms with van der Waals surface area (Å²) in [5.74, 6) is 5.42. The Bertz CT molecular complexity index is 1320. The summed E-state index contributed by atoms with van der Waals surface area (Å²) in [6.07, 6.45) is 0.212. The van der Waals surface area contributed by atoms with Crippen LogP contribution in [0.25, 0.3) is 22.3 Å². The smallest absolute Gasteiger partial charge is 0.267 e. The molecule has 7 heteroatoms. The third-order valence-corrected chi connectivity index (χ3v) is 5.33. The van der Waals surface area contributed by atoms with Gasteiger partial charge in [-0.05, 0) is 29.7 Å². The number of rotatable bonds is 2. The Morgan fingerprint density at radius 1 is 1.40 bits per heavy atom. The molecule has 3 aromatic rings.